The Balaban J connectivity index is 1.91. The van der Waals surface area contributed by atoms with Gasteiger partial charge in [0.05, 0.1) is 18.1 Å². The highest BCUT2D eigenvalue weighted by Crippen LogP contribution is 2.17. The van der Waals surface area contributed by atoms with Crippen LogP contribution >= 0.6 is 0 Å². The van der Waals surface area contributed by atoms with Crippen molar-refractivity contribution >= 4 is 32.7 Å². The van der Waals surface area contributed by atoms with Crippen molar-refractivity contribution < 1.29 is 27.1 Å². The van der Waals surface area contributed by atoms with E-state index in [1.807, 2.05) is 12.3 Å². The maximum absolute atomic E-state index is 14.2. The van der Waals surface area contributed by atoms with Crippen molar-refractivity contribution in [2.75, 3.05) is 7.11 Å². The zero-order chi connectivity index (χ0) is 24.9. The number of hydrazine groups is 1. The lowest BCUT2D eigenvalue weighted by atomic mass is 10.1. The normalized spacial score (nSPS) is 11.4. The lowest BCUT2D eigenvalue weighted by Crippen LogP contribution is -2.43. The van der Waals surface area contributed by atoms with Crippen LogP contribution in [-0.4, -0.2) is 37.2 Å². The van der Waals surface area contributed by atoms with Gasteiger partial charge >= 0.3 is 5.97 Å². The van der Waals surface area contributed by atoms with E-state index in [1.54, 1.807) is 23.0 Å². The van der Waals surface area contributed by atoms with Gasteiger partial charge in [-0.25, -0.2) is 22.3 Å². The summed E-state index contributed by atoms with van der Waals surface area (Å²) in [5, 5.41) is 4.61. The highest BCUT2D eigenvalue weighted by molar-refractivity contribution is 7.89. The summed E-state index contributed by atoms with van der Waals surface area (Å²) in [6, 6.07) is 8.96. The molecule has 1 amide bonds. The number of amides is 1. The number of aromatic nitrogens is 2. The van der Waals surface area contributed by atoms with Gasteiger partial charge in [-0.15, -0.1) is 4.83 Å². The molecule has 0 aliphatic heterocycles. The van der Waals surface area contributed by atoms with Crippen molar-refractivity contribution in [1.82, 2.24) is 20.0 Å². The van der Waals surface area contributed by atoms with Gasteiger partial charge in [0.2, 0.25) is 0 Å². The first-order valence-corrected chi connectivity index (χ1v) is 11.9. The number of esters is 1. The van der Waals surface area contributed by atoms with Crippen molar-refractivity contribution in [1.29, 1.82) is 0 Å². The Kier molecular flexibility index (Phi) is 7.74. The second kappa shape index (κ2) is 10.5. The zero-order valence-electron chi connectivity index (χ0n) is 18.5. The zero-order valence-corrected chi connectivity index (χ0v) is 19.3. The molecule has 0 aliphatic rings. The van der Waals surface area contributed by atoms with E-state index >= 15 is 0 Å². The molecular weight excluding hydrogens is 467 g/mol. The van der Waals surface area contributed by atoms with E-state index in [0.29, 0.717) is 6.42 Å². The van der Waals surface area contributed by atoms with E-state index in [1.165, 1.54) is 10.7 Å². The Morgan fingerprint density at radius 3 is 2.50 bits per heavy atom. The molecular formula is C22H23FN4O6S. The molecule has 0 bridgehead atoms. The number of unbranched alkanes of at least 4 members (excludes halogenated alkanes) is 2. The van der Waals surface area contributed by atoms with Crippen molar-refractivity contribution in [3.05, 3.63) is 69.9 Å². The Morgan fingerprint density at radius 2 is 1.82 bits per heavy atom. The summed E-state index contributed by atoms with van der Waals surface area (Å²) in [6.07, 6.45) is 2.45. The number of rotatable bonds is 9. The van der Waals surface area contributed by atoms with E-state index in [4.69, 9.17) is 0 Å². The molecule has 0 spiro atoms. The molecule has 12 heteroatoms. The molecule has 1 aromatic heterocycles. The first-order chi connectivity index (χ1) is 16.2. The van der Waals surface area contributed by atoms with Crippen molar-refractivity contribution in [2.24, 2.45) is 0 Å². The van der Waals surface area contributed by atoms with Gasteiger partial charge in [-0.2, -0.15) is 5.10 Å². The SMILES string of the molecule is CCCCCn1nc(C(=O)NNS(=O)(=O)c2cc(C(=O)OC)ccc2F)c2ccccc2c1=O. The Bertz CT molecular complexity index is 1400. The number of fused-ring (bicyclic) bond motifs is 1. The Labute approximate surface area is 194 Å². The van der Waals surface area contributed by atoms with Gasteiger partial charge < -0.3 is 4.74 Å². The van der Waals surface area contributed by atoms with Crippen LogP contribution in [0.5, 0.6) is 0 Å². The summed E-state index contributed by atoms with van der Waals surface area (Å²) in [5.74, 6) is -2.95. The van der Waals surface area contributed by atoms with Gasteiger partial charge in [0.25, 0.3) is 21.5 Å². The van der Waals surface area contributed by atoms with E-state index in [0.717, 1.165) is 38.2 Å². The van der Waals surface area contributed by atoms with Crippen LogP contribution in [0.2, 0.25) is 0 Å². The minimum atomic E-state index is -4.61. The molecule has 2 N–H and O–H groups in total. The maximum atomic E-state index is 14.2. The number of aryl methyl sites for hydroxylation is 1. The minimum Gasteiger partial charge on any atom is -0.465 e. The van der Waals surface area contributed by atoms with Crippen LogP contribution in [0.15, 0.2) is 52.2 Å². The number of halogens is 1. The highest BCUT2D eigenvalue weighted by atomic mass is 32.2. The molecule has 3 rings (SSSR count). The van der Waals surface area contributed by atoms with Gasteiger partial charge in [-0.05, 0) is 30.7 Å². The maximum Gasteiger partial charge on any atom is 0.337 e. The third kappa shape index (κ3) is 5.29. The van der Waals surface area contributed by atoms with E-state index in [2.05, 4.69) is 9.84 Å². The molecule has 180 valence electrons. The molecule has 3 aromatic rings. The molecule has 0 saturated heterocycles. The van der Waals surface area contributed by atoms with Gasteiger partial charge in [-0.3, -0.25) is 15.0 Å². The van der Waals surface area contributed by atoms with Gasteiger partial charge in [0.1, 0.15) is 10.7 Å². The first kappa shape index (κ1) is 25.0. The quantitative estimate of drug-likeness (QED) is 0.266. The van der Waals surface area contributed by atoms with Crippen molar-refractivity contribution in [2.45, 2.75) is 37.6 Å². The monoisotopic (exact) mass is 490 g/mol. The van der Waals surface area contributed by atoms with Crippen molar-refractivity contribution in [3.63, 3.8) is 0 Å². The Morgan fingerprint density at radius 1 is 1.12 bits per heavy atom. The number of methoxy groups -OCH3 is 1. The van der Waals surface area contributed by atoms with E-state index in [-0.39, 0.29) is 34.1 Å². The van der Waals surface area contributed by atoms with Crippen LogP contribution in [0, 0.1) is 5.82 Å². The molecule has 10 nitrogen and oxygen atoms in total. The topological polar surface area (TPSA) is 136 Å². The van der Waals surface area contributed by atoms with Crippen LogP contribution in [0.3, 0.4) is 0 Å². The van der Waals surface area contributed by atoms with E-state index < -0.39 is 32.6 Å². The van der Waals surface area contributed by atoms with Gasteiger partial charge in [0.15, 0.2) is 5.69 Å². The summed E-state index contributed by atoms with van der Waals surface area (Å²) in [4.78, 5) is 38.2. The fourth-order valence-corrected chi connectivity index (χ4v) is 4.19. The first-order valence-electron chi connectivity index (χ1n) is 10.4. The molecule has 34 heavy (non-hydrogen) atoms. The molecule has 2 aromatic carbocycles. The third-order valence-electron chi connectivity index (χ3n) is 5.00. The highest BCUT2D eigenvalue weighted by Gasteiger charge is 2.24. The fraction of sp³-hybridized carbons (Fsp3) is 0.273. The molecule has 0 saturated carbocycles. The number of hydrogen-bond acceptors (Lipinski definition) is 7. The number of nitrogens with zero attached hydrogens (tertiary/aromatic N) is 2. The predicted octanol–water partition coefficient (Wildman–Crippen LogP) is 2.14. The van der Waals surface area contributed by atoms with Gasteiger partial charge in [0, 0.05) is 11.9 Å². The number of carbonyl (C=O) groups is 2. The lowest BCUT2D eigenvalue weighted by molar-refractivity contribution is 0.0600. The number of carbonyl (C=O) groups excluding carboxylic acids is 2. The number of ether oxygens (including phenoxy) is 1. The molecule has 1 heterocycles. The molecule has 0 aliphatic carbocycles. The van der Waals surface area contributed by atoms with Crippen LogP contribution in [0.1, 0.15) is 47.0 Å². The summed E-state index contributed by atoms with van der Waals surface area (Å²) in [7, 11) is -3.51. The minimum absolute atomic E-state index is 0.182. The van der Waals surface area contributed by atoms with Crippen LogP contribution in [-0.2, 0) is 21.3 Å². The second-order valence-corrected chi connectivity index (χ2v) is 8.98. The van der Waals surface area contributed by atoms with Gasteiger partial charge in [-0.1, -0.05) is 38.0 Å². The molecule has 0 unspecified atom stereocenters. The Hall–Kier alpha value is -3.64. The van der Waals surface area contributed by atoms with E-state index in [9.17, 15) is 27.2 Å². The third-order valence-corrected chi connectivity index (χ3v) is 6.26. The molecule has 0 radical (unpaired) electrons. The largest absolute Gasteiger partial charge is 0.465 e. The second-order valence-electron chi connectivity index (χ2n) is 7.33. The van der Waals surface area contributed by atoms with Crippen LogP contribution < -0.4 is 15.8 Å². The number of sulfonamides is 1. The predicted molar refractivity (Wildman–Crippen MR) is 121 cm³/mol. The average molecular weight is 491 g/mol. The molecule has 0 atom stereocenters. The summed E-state index contributed by atoms with van der Waals surface area (Å²) in [6.45, 7) is 2.29. The standard InChI is InChI=1S/C22H23FN4O6S/c1-3-4-7-12-27-21(29)16-9-6-5-8-15(16)19(25-27)20(28)24-26-34(31,32)18-13-14(22(30)33-2)10-11-17(18)23/h5-6,8-11,13,26H,3-4,7,12H2,1-2H3,(H,24,28). The van der Waals surface area contributed by atoms with Crippen LogP contribution in [0.25, 0.3) is 10.8 Å². The number of benzene rings is 2. The van der Waals surface area contributed by atoms with Crippen LogP contribution in [0.4, 0.5) is 4.39 Å². The smallest absolute Gasteiger partial charge is 0.337 e. The summed E-state index contributed by atoms with van der Waals surface area (Å²) in [5.41, 5.74) is 1.25. The lowest BCUT2D eigenvalue weighted by Gasteiger charge is -2.13. The van der Waals surface area contributed by atoms with Crippen molar-refractivity contribution in [3.8, 4) is 0 Å². The fourth-order valence-electron chi connectivity index (χ4n) is 3.25. The number of nitrogens with one attached hydrogen (secondary N) is 2. The number of hydrogen-bond donors (Lipinski definition) is 2. The average Bonchev–Trinajstić information content (AvgIpc) is 2.84. The molecule has 0 fully saturated rings. The summed E-state index contributed by atoms with van der Waals surface area (Å²) >= 11 is 0. The summed E-state index contributed by atoms with van der Waals surface area (Å²) < 4.78 is 45.1.